The Morgan fingerprint density at radius 3 is 2.39 bits per heavy atom. The molecule has 0 aliphatic rings. The average molecular weight is 491 g/mol. The summed E-state index contributed by atoms with van der Waals surface area (Å²) in [6.07, 6.45) is 1.58. The van der Waals surface area contributed by atoms with Crippen LogP contribution in [0.4, 0.5) is 11.5 Å². The minimum Gasteiger partial charge on any atom is -0.493 e. The molecule has 0 aliphatic heterocycles. The lowest BCUT2D eigenvalue weighted by Crippen LogP contribution is -2.36. The van der Waals surface area contributed by atoms with E-state index in [9.17, 15) is 14.4 Å². The molecule has 0 saturated heterocycles. The number of methoxy groups -OCH3 is 2. The van der Waals surface area contributed by atoms with Crippen LogP contribution in [0.25, 0.3) is 5.69 Å². The SMILES string of the molecule is COCCn1c(NC(=O)c2nn(-c3ccccc3)cc2OC)c(NCc2ccccc2)c(=O)[nH]c1=O. The van der Waals surface area contributed by atoms with Crippen LogP contribution in [-0.4, -0.2) is 46.1 Å². The Morgan fingerprint density at radius 2 is 1.72 bits per heavy atom. The largest absolute Gasteiger partial charge is 0.493 e. The highest BCUT2D eigenvalue weighted by atomic mass is 16.5. The van der Waals surface area contributed by atoms with Gasteiger partial charge in [-0.2, -0.15) is 5.10 Å². The van der Waals surface area contributed by atoms with E-state index in [0.29, 0.717) is 6.54 Å². The predicted octanol–water partition coefficient (Wildman–Crippen LogP) is 2.24. The maximum absolute atomic E-state index is 13.4. The summed E-state index contributed by atoms with van der Waals surface area (Å²) in [6, 6.07) is 18.6. The minimum absolute atomic E-state index is 0.00181. The summed E-state index contributed by atoms with van der Waals surface area (Å²) in [7, 11) is 2.92. The van der Waals surface area contributed by atoms with Crippen molar-refractivity contribution in [2.75, 3.05) is 31.5 Å². The Morgan fingerprint density at radius 1 is 1.03 bits per heavy atom. The Kier molecular flexibility index (Phi) is 7.61. The van der Waals surface area contributed by atoms with Gasteiger partial charge in [0.1, 0.15) is 11.5 Å². The van der Waals surface area contributed by atoms with Gasteiger partial charge in [0.15, 0.2) is 11.4 Å². The van der Waals surface area contributed by atoms with Crippen molar-refractivity contribution in [1.29, 1.82) is 0 Å². The third-order valence-corrected chi connectivity index (χ3v) is 5.40. The van der Waals surface area contributed by atoms with Crippen molar-refractivity contribution in [2.45, 2.75) is 13.1 Å². The highest BCUT2D eigenvalue weighted by Crippen LogP contribution is 2.23. The summed E-state index contributed by atoms with van der Waals surface area (Å²) in [5.74, 6) is -0.427. The van der Waals surface area contributed by atoms with Gasteiger partial charge in [-0.25, -0.2) is 9.48 Å². The Hall–Kier alpha value is -4.64. The second-order valence-corrected chi connectivity index (χ2v) is 7.75. The second-order valence-electron chi connectivity index (χ2n) is 7.75. The van der Waals surface area contributed by atoms with Crippen molar-refractivity contribution in [3.63, 3.8) is 0 Å². The molecule has 0 saturated carbocycles. The number of aromatic amines is 1. The number of aromatic nitrogens is 4. The topological polar surface area (TPSA) is 132 Å². The maximum Gasteiger partial charge on any atom is 0.330 e. The fraction of sp³-hybridized carbons (Fsp3) is 0.200. The standard InChI is InChI=1S/C25H26N6O5/c1-35-14-13-30-22(21(24(33)28-25(30)34)26-15-17-9-5-3-6-10-17)27-23(32)20-19(36-2)16-31(29-20)18-11-7-4-8-12-18/h3-12,16,26H,13-15H2,1-2H3,(H,27,32)(H,28,33,34). The number of rotatable bonds is 10. The molecule has 11 heteroatoms. The van der Waals surface area contributed by atoms with E-state index in [4.69, 9.17) is 9.47 Å². The van der Waals surface area contributed by atoms with Crippen LogP contribution in [0.15, 0.2) is 76.4 Å². The van der Waals surface area contributed by atoms with E-state index in [0.717, 1.165) is 11.3 Å². The first-order valence-corrected chi connectivity index (χ1v) is 11.2. The minimum atomic E-state index is -0.681. The van der Waals surface area contributed by atoms with Crippen LogP contribution < -0.4 is 26.6 Å². The molecule has 2 heterocycles. The molecule has 3 N–H and O–H groups in total. The number of carbonyl (C=O) groups is 1. The van der Waals surface area contributed by atoms with Crippen LogP contribution in [0, 0.1) is 0 Å². The summed E-state index contributed by atoms with van der Waals surface area (Å²) in [5, 5.41) is 10.1. The fourth-order valence-electron chi connectivity index (χ4n) is 3.59. The van der Waals surface area contributed by atoms with E-state index in [1.807, 2.05) is 60.7 Å². The molecule has 4 rings (SSSR count). The molecular formula is C25H26N6O5. The molecule has 1 amide bonds. The monoisotopic (exact) mass is 490 g/mol. The molecule has 36 heavy (non-hydrogen) atoms. The number of anilines is 2. The van der Waals surface area contributed by atoms with E-state index < -0.39 is 17.2 Å². The molecule has 2 aromatic heterocycles. The van der Waals surface area contributed by atoms with E-state index in [1.54, 1.807) is 6.20 Å². The maximum atomic E-state index is 13.4. The van der Waals surface area contributed by atoms with Gasteiger partial charge in [-0.1, -0.05) is 48.5 Å². The van der Waals surface area contributed by atoms with Gasteiger partial charge in [-0.3, -0.25) is 19.1 Å². The van der Waals surface area contributed by atoms with Gasteiger partial charge >= 0.3 is 5.69 Å². The van der Waals surface area contributed by atoms with Crippen molar-refractivity contribution in [3.8, 4) is 11.4 Å². The van der Waals surface area contributed by atoms with Gasteiger partial charge in [0.2, 0.25) is 0 Å². The highest BCUT2D eigenvalue weighted by molar-refractivity contribution is 6.05. The van der Waals surface area contributed by atoms with Crippen molar-refractivity contribution in [3.05, 3.63) is 99.0 Å². The number of carbonyl (C=O) groups excluding carboxylic acids is 1. The summed E-state index contributed by atoms with van der Waals surface area (Å²) >= 11 is 0. The summed E-state index contributed by atoms with van der Waals surface area (Å²) < 4.78 is 13.2. The first kappa shape index (κ1) is 24.5. The lowest BCUT2D eigenvalue weighted by molar-refractivity contribution is 0.101. The first-order valence-electron chi connectivity index (χ1n) is 11.2. The number of ether oxygens (including phenoxy) is 2. The Labute approximate surface area is 206 Å². The molecule has 0 radical (unpaired) electrons. The van der Waals surface area contributed by atoms with Crippen molar-refractivity contribution in [2.24, 2.45) is 0 Å². The van der Waals surface area contributed by atoms with E-state index in [1.165, 1.54) is 23.5 Å². The molecular weight excluding hydrogens is 464 g/mol. The molecule has 0 unspecified atom stereocenters. The second kappa shape index (κ2) is 11.2. The number of nitrogens with zero attached hydrogens (tertiary/aromatic N) is 3. The van der Waals surface area contributed by atoms with E-state index >= 15 is 0 Å². The number of hydrogen-bond acceptors (Lipinski definition) is 7. The number of amides is 1. The zero-order valence-electron chi connectivity index (χ0n) is 19.9. The van der Waals surface area contributed by atoms with E-state index in [2.05, 4.69) is 20.7 Å². The van der Waals surface area contributed by atoms with Gasteiger partial charge in [-0.05, 0) is 17.7 Å². The quantitative estimate of drug-likeness (QED) is 0.311. The smallest absolute Gasteiger partial charge is 0.330 e. The summed E-state index contributed by atoms with van der Waals surface area (Å²) in [6.45, 7) is 0.567. The van der Waals surface area contributed by atoms with Crippen LogP contribution in [0.3, 0.4) is 0 Å². The van der Waals surface area contributed by atoms with Crippen LogP contribution in [0.5, 0.6) is 5.75 Å². The number of hydrogen-bond donors (Lipinski definition) is 3. The molecule has 0 bridgehead atoms. The highest BCUT2D eigenvalue weighted by Gasteiger charge is 2.23. The van der Waals surface area contributed by atoms with Gasteiger partial charge < -0.3 is 20.1 Å². The van der Waals surface area contributed by atoms with Gasteiger partial charge in [0.25, 0.3) is 11.5 Å². The van der Waals surface area contributed by atoms with Gasteiger partial charge in [0.05, 0.1) is 32.1 Å². The zero-order chi connectivity index (χ0) is 25.5. The summed E-state index contributed by atoms with van der Waals surface area (Å²) in [4.78, 5) is 41.1. The average Bonchev–Trinajstić information content (AvgIpc) is 3.34. The first-order chi connectivity index (χ1) is 17.5. The lowest BCUT2D eigenvalue weighted by Gasteiger charge is -2.17. The molecule has 0 atom stereocenters. The molecule has 11 nitrogen and oxygen atoms in total. The lowest BCUT2D eigenvalue weighted by atomic mass is 10.2. The molecule has 0 aliphatic carbocycles. The van der Waals surface area contributed by atoms with Crippen LogP contribution in [0.1, 0.15) is 16.1 Å². The fourth-order valence-corrected chi connectivity index (χ4v) is 3.59. The van der Waals surface area contributed by atoms with Gasteiger partial charge in [0, 0.05) is 13.7 Å². The van der Waals surface area contributed by atoms with Crippen molar-refractivity contribution < 1.29 is 14.3 Å². The Bertz CT molecular complexity index is 1440. The zero-order valence-corrected chi connectivity index (χ0v) is 19.9. The molecule has 2 aromatic carbocycles. The molecule has 0 fully saturated rings. The third kappa shape index (κ3) is 5.36. The number of H-pyrrole nitrogens is 1. The van der Waals surface area contributed by atoms with Crippen LogP contribution in [-0.2, 0) is 17.8 Å². The summed E-state index contributed by atoms with van der Waals surface area (Å²) in [5.41, 5.74) is 0.312. The third-order valence-electron chi connectivity index (χ3n) is 5.40. The van der Waals surface area contributed by atoms with Crippen LogP contribution >= 0.6 is 0 Å². The number of nitrogens with one attached hydrogen (secondary N) is 3. The van der Waals surface area contributed by atoms with Gasteiger partial charge in [-0.15, -0.1) is 0 Å². The number of para-hydroxylation sites is 1. The normalized spacial score (nSPS) is 10.7. The molecule has 4 aromatic rings. The Balaban J connectivity index is 1.72. The van der Waals surface area contributed by atoms with Crippen LogP contribution in [0.2, 0.25) is 0 Å². The number of benzene rings is 2. The van der Waals surface area contributed by atoms with E-state index in [-0.39, 0.29) is 36.1 Å². The predicted molar refractivity (Wildman–Crippen MR) is 135 cm³/mol. The molecule has 186 valence electrons. The van der Waals surface area contributed by atoms with Crippen molar-refractivity contribution in [1.82, 2.24) is 19.3 Å². The van der Waals surface area contributed by atoms with Crippen molar-refractivity contribution >= 4 is 17.4 Å². The molecule has 0 spiro atoms.